The van der Waals surface area contributed by atoms with Gasteiger partial charge in [-0.1, -0.05) is 24.3 Å². The van der Waals surface area contributed by atoms with Gasteiger partial charge in [-0.25, -0.2) is 9.97 Å². The molecule has 2 aliphatic heterocycles. The van der Waals surface area contributed by atoms with Crippen LogP contribution in [0.25, 0.3) is 0 Å². The van der Waals surface area contributed by atoms with Crippen molar-refractivity contribution >= 4 is 17.8 Å². The lowest BCUT2D eigenvalue weighted by atomic mass is 9.99. The molecular formula is C19H19N5O2. The molecule has 0 radical (unpaired) electrons. The minimum atomic E-state index is -0.523. The molecule has 2 N–H and O–H groups in total. The molecule has 2 aromatic rings. The maximum absolute atomic E-state index is 12.6. The molecule has 2 fully saturated rings. The lowest BCUT2D eigenvalue weighted by molar-refractivity contribution is -0.133. The van der Waals surface area contributed by atoms with E-state index in [2.05, 4.69) is 25.8 Å². The summed E-state index contributed by atoms with van der Waals surface area (Å²) in [5.74, 6) is 1.28. The number of anilines is 1. The molecule has 2 amide bonds. The number of piperidine rings is 1. The number of hydrogen-bond donors (Lipinski definition) is 1. The third kappa shape index (κ3) is 2.34. The first-order chi connectivity index (χ1) is 12.6. The van der Waals surface area contributed by atoms with Gasteiger partial charge in [0.15, 0.2) is 0 Å². The highest BCUT2D eigenvalue weighted by atomic mass is 16.2. The van der Waals surface area contributed by atoms with Crippen LogP contribution in [0.3, 0.4) is 0 Å². The number of rotatable bonds is 3. The van der Waals surface area contributed by atoms with Crippen LogP contribution in [0.1, 0.15) is 21.5 Å². The summed E-state index contributed by atoms with van der Waals surface area (Å²) < 4.78 is 0. The average molecular weight is 349 g/mol. The summed E-state index contributed by atoms with van der Waals surface area (Å²) in [4.78, 5) is 36.4. The molecule has 3 heterocycles. The van der Waals surface area contributed by atoms with Crippen LogP contribution in [-0.2, 0) is 17.8 Å². The third-order valence-corrected chi connectivity index (χ3v) is 5.84. The van der Waals surface area contributed by atoms with Gasteiger partial charge in [-0.05, 0) is 11.1 Å². The Morgan fingerprint density at radius 3 is 2.38 bits per heavy atom. The number of aromatic nitrogens is 2. The molecule has 0 spiro atoms. The number of nitrogens with zero attached hydrogens (tertiary/aromatic N) is 4. The van der Waals surface area contributed by atoms with Crippen molar-refractivity contribution in [2.24, 2.45) is 17.6 Å². The van der Waals surface area contributed by atoms with Crippen LogP contribution in [-0.4, -0.2) is 45.8 Å². The minimum Gasteiger partial charge on any atom is -0.366 e. The number of amides is 2. The largest absolute Gasteiger partial charge is 0.366 e. The first kappa shape index (κ1) is 15.3. The van der Waals surface area contributed by atoms with Gasteiger partial charge in [-0.15, -0.1) is 0 Å². The molecule has 1 saturated heterocycles. The van der Waals surface area contributed by atoms with E-state index < -0.39 is 5.91 Å². The number of fused-ring (bicyclic) bond motifs is 2. The monoisotopic (exact) mass is 349 g/mol. The zero-order valence-electron chi connectivity index (χ0n) is 14.2. The summed E-state index contributed by atoms with van der Waals surface area (Å²) in [5.41, 5.74) is 7.96. The lowest BCUT2D eigenvalue weighted by Crippen LogP contribution is -2.42. The van der Waals surface area contributed by atoms with Crippen molar-refractivity contribution in [1.82, 2.24) is 14.9 Å². The van der Waals surface area contributed by atoms with Crippen molar-refractivity contribution in [2.75, 3.05) is 18.0 Å². The molecule has 3 aliphatic rings. The predicted octanol–water partition coefficient (Wildman–Crippen LogP) is 0.595. The molecule has 7 nitrogen and oxygen atoms in total. The fourth-order valence-electron chi connectivity index (χ4n) is 4.42. The Labute approximate surface area is 150 Å². The molecule has 2 unspecified atom stereocenters. The highest BCUT2D eigenvalue weighted by Gasteiger charge is 2.60. The van der Waals surface area contributed by atoms with Gasteiger partial charge in [0.25, 0.3) is 5.91 Å². The second-order valence-electron chi connectivity index (χ2n) is 7.33. The Morgan fingerprint density at radius 1 is 1.08 bits per heavy atom. The molecule has 1 aliphatic carbocycles. The summed E-state index contributed by atoms with van der Waals surface area (Å²) in [5, 5.41) is 0. The number of carbonyl (C=O) groups excluding carboxylic acids is 2. The van der Waals surface area contributed by atoms with E-state index in [9.17, 15) is 9.59 Å². The second-order valence-corrected chi connectivity index (χ2v) is 7.33. The SMILES string of the molecule is NC(=O)c1cnc(N2CC3C(C2)C3N2Cc3ccccc3CC2=O)nc1. The molecule has 1 aromatic heterocycles. The second kappa shape index (κ2) is 5.52. The van der Waals surface area contributed by atoms with Crippen LogP contribution in [0.4, 0.5) is 5.95 Å². The molecule has 0 bridgehead atoms. The van der Waals surface area contributed by atoms with Gasteiger partial charge in [0, 0.05) is 49.9 Å². The van der Waals surface area contributed by atoms with E-state index in [1.54, 1.807) is 0 Å². The van der Waals surface area contributed by atoms with Crippen LogP contribution in [0.2, 0.25) is 0 Å². The topological polar surface area (TPSA) is 92.4 Å². The molecule has 1 saturated carbocycles. The highest BCUT2D eigenvalue weighted by molar-refractivity contribution is 5.92. The molecule has 7 heteroatoms. The summed E-state index contributed by atoms with van der Waals surface area (Å²) in [6, 6.07) is 8.53. The molecule has 5 rings (SSSR count). The lowest BCUT2D eigenvalue weighted by Gasteiger charge is -2.31. The molecule has 132 valence electrons. The van der Waals surface area contributed by atoms with Crippen molar-refractivity contribution in [3.8, 4) is 0 Å². The van der Waals surface area contributed by atoms with Gasteiger partial charge in [0.1, 0.15) is 0 Å². The van der Waals surface area contributed by atoms with E-state index in [4.69, 9.17) is 5.73 Å². The smallest absolute Gasteiger partial charge is 0.251 e. The maximum atomic E-state index is 12.6. The zero-order valence-corrected chi connectivity index (χ0v) is 14.2. The minimum absolute atomic E-state index is 0.233. The van der Waals surface area contributed by atoms with Gasteiger partial charge >= 0.3 is 0 Å². The van der Waals surface area contributed by atoms with Gasteiger partial charge in [0.05, 0.1) is 12.0 Å². The molecular weight excluding hydrogens is 330 g/mol. The average Bonchev–Trinajstić information content (AvgIpc) is 3.13. The van der Waals surface area contributed by atoms with Crippen LogP contribution in [0.15, 0.2) is 36.7 Å². The number of primary amides is 1. The Morgan fingerprint density at radius 2 is 1.73 bits per heavy atom. The van der Waals surface area contributed by atoms with E-state index in [-0.39, 0.29) is 5.91 Å². The van der Waals surface area contributed by atoms with Gasteiger partial charge in [-0.3, -0.25) is 9.59 Å². The number of carbonyl (C=O) groups is 2. The van der Waals surface area contributed by atoms with Crippen molar-refractivity contribution in [1.29, 1.82) is 0 Å². The number of benzene rings is 1. The Kier molecular flexibility index (Phi) is 3.25. The first-order valence-electron chi connectivity index (χ1n) is 8.85. The van der Waals surface area contributed by atoms with Crippen molar-refractivity contribution < 1.29 is 9.59 Å². The van der Waals surface area contributed by atoms with E-state index in [0.717, 1.165) is 25.2 Å². The molecule has 26 heavy (non-hydrogen) atoms. The normalized spacial score (nSPS) is 26.5. The quantitative estimate of drug-likeness (QED) is 0.876. The first-order valence-corrected chi connectivity index (χ1v) is 8.85. The summed E-state index contributed by atoms with van der Waals surface area (Å²) in [6.45, 7) is 2.41. The van der Waals surface area contributed by atoms with Crippen molar-refractivity contribution in [2.45, 2.75) is 19.0 Å². The maximum Gasteiger partial charge on any atom is 0.251 e. The fraction of sp³-hybridized carbons (Fsp3) is 0.368. The van der Waals surface area contributed by atoms with Crippen LogP contribution in [0.5, 0.6) is 0 Å². The number of nitrogens with two attached hydrogens (primary N) is 1. The predicted molar refractivity (Wildman–Crippen MR) is 94.2 cm³/mol. The van der Waals surface area contributed by atoms with Gasteiger partial charge in [0.2, 0.25) is 11.9 Å². The standard InChI is InChI=1S/C19H19N5O2/c20-18(26)13-6-21-19(22-7-13)23-9-14-15(10-23)17(14)24-8-12-4-2-1-3-11(12)5-16(24)25/h1-4,6-7,14-15,17H,5,8-10H2,(H2,20,26). The van der Waals surface area contributed by atoms with Gasteiger partial charge in [-0.2, -0.15) is 0 Å². The van der Waals surface area contributed by atoms with Crippen LogP contribution in [0, 0.1) is 11.8 Å². The summed E-state index contributed by atoms with van der Waals surface area (Å²) in [7, 11) is 0. The van der Waals surface area contributed by atoms with Crippen molar-refractivity contribution in [3.05, 3.63) is 53.3 Å². The van der Waals surface area contributed by atoms with Crippen LogP contribution < -0.4 is 10.6 Å². The highest BCUT2D eigenvalue weighted by Crippen LogP contribution is 2.50. The molecule has 1 aromatic carbocycles. The Bertz CT molecular complexity index is 885. The van der Waals surface area contributed by atoms with E-state index >= 15 is 0 Å². The summed E-state index contributed by atoms with van der Waals surface area (Å²) in [6.07, 6.45) is 3.45. The van der Waals surface area contributed by atoms with E-state index in [0.29, 0.717) is 35.8 Å². The van der Waals surface area contributed by atoms with Crippen molar-refractivity contribution in [3.63, 3.8) is 0 Å². The van der Waals surface area contributed by atoms with Gasteiger partial charge < -0.3 is 15.5 Å². The molecule has 2 atom stereocenters. The van der Waals surface area contributed by atoms with E-state index in [1.165, 1.54) is 18.0 Å². The fourth-order valence-corrected chi connectivity index (χ4v) is 4.42. The number of hydrogen-bond acceptors (Lipinski definition) is 5. The zero-order chi connectivity index (χ0) is 17.8. The summed E-state index contributed by atoms with van der Waals surface area (Å²) >= 11 is 0. The third-order valence-electron chi connectivity index (χ3n) is 5.84. The van der Waals surface area contributed by atoms with Crippen LogP contribution >= 0.6 is 0 Å². The Balaban J connectivity index is 1.27. The van der Waals surface area contributed by atoms with E-state index in [1.807, 2.05) is 18.2 Å². The Hall–Kier alpha value is -2.96.